The second-order valence-electron chi connectivity index (χ2n) is 5.58. The van der Waals surface area contributed by atoms with Crippen LogP contribution >= 0.6 is 36.4 Å². The smallest absolute Gasteiger partial charge is 0.0438 e. The predicted molar refractivity (Wildman–Crippen MR) is 90.6 cm³/mol. The maximum atomic E-state index is 6.29. The number of piperazine rings is 1. The molecule has 1 aliphatic carbocycles. The molecule has 2 fully saturated rings. The maximum absolute atomic E-state index is 6.29. The molecule has 1 N–H and O–H groups in total. The van der Waals surface area contributed by atoms with E-state index in [2.05, 4.69) is 35.3 Å². The van der Waals surface area contributed by atoms with Crippen molar-refractivity contribution in [2.24, 2.45) is 5.92 Å². The van der Waals surface area contributed by atoms with E-state index in [1.54, 1.807) is 0 Å². The first-order chi connectivity index (χ1) is 8.75. The molecule has 1 aliphatic heterocycles. The van der Waals surface area contributed by atoms with Crippen LogP contribution in [0.2, 0.25) is 5.02 Å². The van der Waals surface area contributed by atoms with Gasteiger partial charge in [-0.3, -0.25) is 4.90 Å². The highest BCUT2D eigenvalue weighted by Gasteiger charge is 2.36. The molecule has 1 aromatic carbocycles. The van der Waals surface area contributed by atoms with Crippen molar-refractivity contribution >= 4 is 36.4 Å². The van der Waals surface area contributed by atoms with Crippen molar-refractivity contribution in [3.63, 3.8) is 0 Å². The van der Waals surface area contributed by atoms with E-state index in [9.17, 15) is 0 Å². The Balaban J connectivity index is 0.000001000. The molecular weight excluding hydrogens is 315 g/mol. The molecule has 1 saturated heterocycles. The van der Waals surface area contributed by atoms with Gasteiger partial charge in [-0.2, -0.15) is 0 Å². The molecule has 1 saturated carbocycles. The summed E-state index contributed by atoms with van der Waals surface area (Å²) in [5.74, 6) is 0.849. The van der Waals surface area contributed by atoms with Gasteiger partial charge in [-0.25, -0.2) is 0 Å². The van der Waals surface area contributed by atoms with Crippen molar-refractivity contribution in [3.05, 3.63) is 34.3 Å². The number of halogens is 3. The number of nitrogens with zero attached hydrogens (tertiary/aromatic N) is 1. The zero-order valence-electron chi connectivity index (χ0n) is 11.8. The fourth-order valence-corrected chi connectivity index (χ4v) is 3.14. The number of hydrogen-bond donors (Lipinski definition) is 1. The third kappa shape index (κ3) is 4.02. The minimum atomic E-state index is 0. The van der Waals surface area contributed by atoms with Gasteiger partial charge in [-0.05, 0) is 42.9 Å². The van der Waals surface area contributed by atoms with Crippen molar-refractivity contribution in [2.75, 3.05) is 26.2 Å². The SMILES string of the molecule is Cc1ccc([C@@H](C2CC2)N2CCNCC2)cc1Cl.Cl.Cl. The highest BCUT2D eigenvalue weighted by molar-refractivity contribution is 6.31. The highest BCUT2D eigenvalue weighted by Crippen LogP contribution is 2.45. The van der Waals surface area contributed by atoms with Crippen LogP contribution in [0.25, 0.3) is 0 Å². The molecule has 5 heteroatoms. The number of hydrogen-bond acceptors (Lipinski definition) is 2. The van der Waals surface area contributed by atoms with Crippen molar-refractivity contribution in [2.45, 2.75) is 25.8 Å². The molecule has 0 spiro atoms. The zero-order valence-corrected chi connectivity index (χ0v) is 14.2. The number of aryl methyl sites for hydroxylation is 1. The van der Waals surface area contributed by atoms with Gasteiger partial charge in [0.05, 0.1) is 0 Å². The number of benzene rings is 1. The van der Waals surface area contributed by atoms with Crippen LogP contribution in [-0.4, -0.2) is 31.1 Å². The van der Waals surface area contributed by atoms with Gasteiger partial charge < -0.3 is 5.32 Å². The lowest BCUT2D eigenvalue weighted by atomic mass is 9.98. The molecule has 0 radical (unpaired) electrons. The Labute approximate surface area is 139 Å². The Bertz CT molecular complexity index is 429. The average Bonchev–Trinajstić information content (AvgIpc) is 3.20. The van der Waals surface area contributed by atoms with Gasteiger partial charge in [0, 0.05) is 37.2 Å². The van der Waals surface area contributed by atoms with Crippen LogP contribution in [0.15, 0.2) is 18.2 Å². The van der Waals surface area contributed by atoms with Gasteiger partial charge in [-0.1, -0.05) is 23.7 Å². The number of rotatable bonds is 3. The van der Waals surface area contributed by atoms with E-state index in [0.29, 0.717) is 6.04 Å². The first-order valence-electron chi connectivity index (χ1n) is 6.96. The zero-order chi connectivity index (χ0) is 12.5. The van der Waals surface area contributed by atoms with Gasteiger partial charge in [0.1, 0.15) is 0 Å². The highest BCUT2D eigenvalue weighted by atomic mass is 35.5. The molecule has 0 bridgehead atoms. The Morgan fingerprint density at radius 1 is 1.20 bits per heavy atom. The summed E-state index contributed by atoms with van der Waals surface area (Å²) in [4.78, 5) is 2.63. The van der Waals surface area contributed by atoms with E-state index in [0.717, 1.165) is 37.1 Å². The largest absolute Gasteiger partial charge is 0.314 e. The lowest BCUT2D eigenvalue weighted by molar-refractivity contribution is 0.156. The van der Waals surface area contributed by atoms with Crippen molar-refractivity contribution < 1.29 is 0 Å². The molecule has 114 valence electrons. The average molecular weight is 338 g/mol. The molecule has 1 heterocycles. The second kappa shape index (κ2) is 7.86. The Morgan fingerprint density at radius 3 is 2.40 bits per heavy atom. The van der Waals surface area contributed by atoms with Crippen LogP contribution in [0.4, 0.5) is 0 Å². The summed E-state index contributed by atoms with van der Waals surface area (Å²) in [6, 6.07) is 7.20. The molecule has 0 aromatic heterocycles. The quantitative estimate of drug-likeness (QED) is 0.901. The van der Waals surface area contributed by atoms with Gasteiger partial charge in [-0.15, -0.1) is 24.8 Å². The summed E-state index contributed by atoms with van der Waals surface area (Å²) in [5.41, 5.74) is 2.59. The van der Waals surface area contributed by atoms with Crippen LogP contribution in [0.5, 0.6) is 0 Å². The standard InChI is InChI=1S/C15H21ClN2.2ClH/c1-11-2-3-13(10-14(11)16)15(12-4-5-12)18-8-6-17-7-9-18;;/h2-3,10,12,15,17H,4-9H2,1H3;2*1H/t15-;;/m1../s1. The summed E-state index contributed by atoms with van der Waals surface area (Å²) in [6.45, 7) is 6.62. The molecule has 2 nitrogen and oxygen atoms in total. The third-order valence-electron chi connectivity index (χ3n) is 4.15. The molecule has 20 heavy (non-hydrogen) atoms. The first kappa shape index (κ1) is 18.1. The van der Waals surface area contributed by atoms with E-state index >= 15 is 0 Å². The van der Waals surface area contributed by atoms with Crippen molar-refractivity contribution in [1.29, 1.82) is 0 Å². The van der Waals surface area contributed by atoms with E-state index < -0.39 is 0 Å². The van der Waals surface area contributed by atoms with Crippen molar-refractivity contribution in [3.8, 4) is 0 Å². The third-order valence-corrected chi connectivity index (χ3v) is 4.56. The summed E-state index contributed by atoms with van der Waals surface area (Å²) >= 11 is 6.29. The van der Waals surface area contributed by atoms with E-state index in [1.807, 2.05) is 0 Å². The molecule has 3 rings (SSSR count). The predicted octanol–water partition coefficient (Wildman–Crippen LogP) is 3.85. The molecule has 2 aliphatic rings. The Kier molecular flexibility index (Phi) is 7.10. The van der Waals surface area contributed by atoms with Crippen molar-refractivity contribution in [1.82, 2.24) is 10.2 Å². The van der Waals surface area contributed by atoms with Gasteiger partial charge in [0.25, 0.3) is 0 Å². The second-order valence-corrected chi connectivity index (χ2v) is 5.98. The molecule has 0 amide bonds. The molecule has 1 atom stereocenters. The Morgan fingerprint density at radius 2 is 1.85 bits per heavy atom. The van der Waals surface area contributed by atoms with Gasteiger partial charge in [0.2, 0.25) is 0 Å². The summed E-state index contributed by atoms with van der Waals surface area (Å²) in [5, 5.41) is 4.34. The van der Waals surface area contributed by atoms with Crippen LogP contribution in [0.1, 0.15) is 30.0 Å². The lowest BCUT2D eigenvalue weighted by Gasteiger charge is -2.35. The lowest BCUT2D eigenvalue weighted by Crippen LogP contribution is -2.45. The van der Waals surface area contributed by atoms with Crippen LogP contribution in [0.3, 0.4) is 0 Å². The van der Waals surface area contributed by atoms with E-state index in [-0.39, 0.29) is 24.8 Å². The topological polar surface area (TPSA) is 15.3 Å². The van der Waals surface area contributed by atoms with E-state index in [1.165, 1.54) is 24.0 Å². The summed E-state index contributed by atoms with van der Waals surface area (Å²) < 4.78 is 0. The van der Waals surface area contributed by atoms with Crippen LogP contribution in [0, 0.1) is 12.8 Å². The normalized spacial score (nSPS) is 20.7. The monoisotopic (exact) mass is 336 g/mol. The van der Waals surface area contributed by atoms with Crippen LogP contribution in [-0.2, 0) is 0 Å². The molecule has 0 unspecified atom stereocenters. The Hall–Kier alpha value is 0.01000. The fraction of sp³-hybridized carbons (Fsp3) is 0.600. The molecule has 1 aromatic rings. The fourth-order valence-electron chi connectivity index (χ4n) is 2.95. The summed E-state index contributed by atoms with van der Waals surface area (Å²) in [6.07, 6.45) is 2.75. The van der Waals surface area contributed by atoms with Gasteiger partial charge in [0.15, 0.2) is 0 Å². The minimum Gasteiger partial charge on any atom is -0.314 e. The molecular formula is C15H23Cl3N2. The number of nitrogens with one attached hydrogen (secondary N) is 1. The van der Waals surface area contributed by atoms with E-state index in [4.69, 9.17) is 11.6 Å². The van der Waals surface area contributed by atoms with Crippen LogP contribution < -0.4 is 5.32 Å². The first-order valence-corrected chi connectivity index (χ1v) is 7.34. The summed E-state index contributed by atoms with van der Waals surface area (Å²) in [7, 11) is 0. The maximum Gasteiger partial charge on any atom is 0.0438 e. The minimum absolute atomic E-state index is 0. The van der Waals surface area contributed by atoms with Gasteiger partial charge >= 0.3 is 0 Å².